The molecule has 0 fully saturated rings. The normalized spacial score (nSPS) is 14.8. The van der Waals surface area contributed by atoms with E-state index in [2.05, 4.69) is 15.3 Å². The molecule has 0 spiro atoms. The van der Waals surface area contributed by atoms with E-state index in [-0.39, 0.29) is 0 Å². The zero-order chi connectivity index (χ0) is 10.8. The maximum Gasteiger partial charge on any atom is 0.224 e. The van der Waals surface area contributed by atoms with Gasteiger partial charge in [-0.25, -0.2) is 4.99 Å². The molecule has 1 aromatic rings. The molecule has 0 radical (unpaired) electrons. The lowest BCUT2D eigenvalue weighted by Gasteiger charge is -2.06. The first kappa shape index (κ1) is 10.3. The van der Waals surface area contributed by atoms with Crippen molar-refractivity contribution in [2.75, 3.05) is 11.9 Å². The summed E-state index contributed by atoms with van der Waals surface area (Å²) in [7, 11) is 0. The summed E-state index contributed by atoms with van der Waals surface area (Å²) in [6.45, 7) is 0.417. The van der Waals surface area contributed by atoms with Gasteiger partial charge in [-0.05, 0) is 12.1 Å². The molecular formula is C9H8Cl2N4. The van der Waals surface area contributed by atoms with Gasteiger partial charge in [0.25, 0.3) is 0 Å². The largest absolute Gasteiger partial charge is 0.385 e. The van der Waals surface area contributed by atoms with Crippen molar-refractivity contribution in [3.8, 4) is 0 Å². The van der Waals surface area contributed by atoms with Gasteiger partial charge in [-0.2, -0.15) is 4.99 Å². The van der Waals surface area contributed by atoms with Crippen LogP contribution in [0.2, 0.25) is 10.0 Å². The van der Waals surface area contributed by atoms with E-state index in [9.17, 15) is 0 Å². The van der Waals surface area contributed by atoms with Gasteiger partial charge in [0, 0.05) is 0 Å². The van der Waals surface area contributed by atoms with Crippen molar-refractivity contribution in [3.63, 3.8) is 0 Å². The van der Waals surface area contributed by atoms with E-state index in [4.69, 9.17) is 28.9 Å². The highest BCUT2D eigenvalue weighted by Crippen LogP contribution is 2.29. The second-order valence-corrected chi connectivity index (χ2v) is 3.75. The predicted octanol–water partition coefficient (Wildman–Crippen LogP) is 2.13. The number of anilines is 1. The fourth-order valence-electron chi connectivity index (χ4n) is 1.15. The van der Waals surface area contributed by atoms with Crippen molar-refractivity contribution >= 4 is 40.7 Å². The third-order valence-corrected chi connectivity index (χ3v) is 2.66. The molecule has 1 aromatic carbocycles. The van der Waals surface area contributed by atoms with E-state index in [1.165, 1.54) is 0 Å². The van der Waals surface area contributed by atoms with Crippen LogP contribution < -0.4 is 11.1 Å². The molecule has 1 heterocycles. The summed E-state index contributed by atoms with van der Waals surface area (Å²) in [6.07, 6.45) is 0. The van der Waals surface area contributed by atoms with Gasteiger partial charge in [0.1, 0.15) is 12.4 Å². The average Bonchev–Trinajstić information content (AvgIpc) is 2.59. The highest BCUT2D eigenvalue weighted by Gasteiger charge is 2.10. The minimum absolute atomic E-state index is 0.417. The molecule has 15 heavy (non-hydrogen) atoms. The lowest BCUT2D eigenvalue weighted by atomic mass is 10.3. The minimum Gasteiger partial charge on any atom is -0.385 e. The van der Waals surface area contributed by atoms with Crippen LogP contribution in [-0.2, 0) is 0 Å². The van der Waals surface area contributed by atoms with Gasteiger partial charge in [0.05, 0.1) is 15.7 Å². The number of nitrogens with zero attached hydrogens (tertiary/aromatic N) is 2. The predicted molar refractivity (Wildman–Crippen MR) is 64.0 cm³/mol. The Kier molecular flexibility index (Phi) is 2.79. The van der Waals surface area contributed by atoms with E-state index >= 15 is 0 Å². The third-order valence-electron chi connectivity index (χ3n) is 1.84. The standard InChI is InChI=1S/C9H8Cl2N4/c10-5-2-1-3-6(8(5)11)14-9-13-4-7(12)15-9/h1-3H,4H2,(H3,12,13,14,15). The van der Waals surface area contributed by atoms with Gasteiger partial charge >= 0.3 is 0 Å². The quantitative estimate of drug-likeness (QED) is 0.793. The first-order valence-electron chi connectivity index (χ1n) is 4.25. The van der Waals surface area contributed by atoms with E-state index in [0.717, 1.165) is 0 Å². The molecule has 1 aliphatic rings. The number of hydrogen-bond donors (Lipinski definition) is 2. The molecule has 3 N–H and O–H groups in total. The van der Waals surface area contributed by atoms with Crippen LogP contribution in [0.3, 0.4) is 0 Å². The molecule has 0 aromatic heterocycles. The first-order valence-corrected chi connectivity index (χ1v) is 5.01. The van der Waals surface area contributed by atoms with Gasteiger partial charge in [0.2, 0.25) is 5.96 Å². The van der Waals surface area contributed by atoms with Gasteiger partial charge in [0.15, 0.2) is 0 Å². The van der Waals surface area contributed by atoms with Crippen LogP contribution in [0.25, 0.3) is 0 Å². The van der Waals surface area contributed by atoms with Crippen molar-refractivity contribution in [2.24, 2.45) is 15.7 Å². The number of nitrogens with one attached hydrogen (secondary N) is 1. The third kappa shape index (κ3) is 2.22. The molecule has 0 saturated heterocycles. The summed E-state index contributed by atoms with van der Waals surface area (Å²) in [5, 5.41) is 3.88. The molecule has 6 heteroatoms. The van der Waals surface area contributed by atoms with Crippen LogP contribution in [0.5, 0.6) is 0 Å². The zero-order valence-corrected chi connectivity index (χ0v) is 9.18. The van der Waals surface area contributed by atoms with Crippen molar-refractivity contribution in [1.29, 1.82) is 0 Å². The smallest absolute Gasteiger partial charge is 0.224 e. The summed E-state index contributed by atoms with van der Waals surface area (Å²) < 4.78 is 0. The second kappa shape index (κ2) is 4.08. The highest BCUT2D eigenvalue weighted by molar-refractivity contribution is 6.44. The Morgan fingerprint density at radius 3 is 2.80 bits per heavy atom. The van der Waals surface area contributed by atoms with Crippen molar-refractivity contribution in [2.45, 2.75) is 0 Å². The Bertz CT molecular complexity index is 453. The summed E-state index contributed by atoms with van der Waals surface area (Å²) in [5.74, 6) is 0.937. The minimum atomic E-state index is 0.417. The number of halogens is 2. The van der Waals surface area contributed by atoms with E-state index in [1.54, 1.807) is 18.2 Å². The Morgan fingerprint density at radius 1 is 1.33 bits per heavy atom. The summed E-state index contributed by atoms with van der Waals surface area (Å²) >= 11 is 11.8. The maximum absolute atomic E-state index is 5.98. The van der Waals surface area contributed by atoms with Crippen LogP contribution in [0, 0.1) is 0 Å². The fraction of sp³-hybridized carbons (Fsp3) is 0.111. The van der Waals surface area contributed by atoms with Crippen LogP contribution in [0.15, 0.2) is 28.2 Å². The zero-order valence-electron chi connectivity index (χ0n) is 7.67. The lowest BCUT2D eigenvalue weighted by Crippen LogP contribution is -2.12. The monoisotopic (exact) mass is 242 g/mol. The molecule has 0 bridgehead atoms. The van der Waals surface area contributed by atoms with Crippen molar-refractivity contribution in [3.05, 3.63) is 28.2 Å². The van der Waals surface area contributed by atoms with Gasteiger partial charge in [-0.3, -0.25) is 0 Å². The SMILES string of the molecule is NC1=NC(Nc2cccc(Cl)c2Cl)=NC1. The molecule has 2 rings (SSSR count). The molecule has 0 atom stereocenters. The summed E-state index contributed by atoms with van der Waals surface area (Å²) in [6, 6.07) is 5.29. The molecule has 1 aliphatic heterocycles. The molecule has 78 valence electrons. The van der Waals surface area contributed by atoms with Gasteiger partial charge in [-0.1, -0.05) is 29.3 Å². The molecular weight excluding hydrogens is 235 g/mol. The Hall–Kier alpha value is -1.26. The summed E-state index contributed by atoms with van der Waals surface area (Å²) in [4.78, 5) is 8.04. The molecule has 0 amide bonds. The van der Waals surface area contributed by atoms with E-state index in [0.29, 0.717) is 34.1 Å². The number of amidine groups is 1. The molecule has 0 aliphatic carbocycles. The van der Waals surface area contributed by atoms with Crippen molar-refractivity contribution in [1.82, 2.24) is 0 Å². The highest BCUT2D eigenvalue weighted by atomic mass is 35.5. The fourth-order valence-corrected chi connectivity index (χ4v) is 1.50. The van der Waals surface area contributed by atoms with Crippen LogP contribution in [0.1, 0.15) is 0 Å². The molecule has 0 saturated carbocycles. The average molecular weight is 243 g/mol. The number of aliphatic imine (C=N–C) groups is 2. The summed E-state index contributed by atoms with van der Waals surface area (Å²) in [5.41, 5.74) is 6.15. The van der Waals surface area contributed by atoms with Crippen LogP contribution in [-0.4, -0.2) is 18.3 Å². The second-order valence-electron chi connectivity index (χ2n) is 2.97. The number of hydrogen-bond acceptors (Lipinski definition) is 4. The number of guanidine groups is 1. The van der Waals surface area contributed by atoms with Crippen LogP contribution >= 0.6 is 23.2 Å². The number of rotatable bonds is 1. The maximum atomic E-state index is 5.98. The van der Waals surface area contributed by atoms with Gasteiger partial charge in [-0.15, -0.1) is 0 Å². The topological polar surface area (TPSA) is 62.8 Å². The first-order chi connectivity index (χ1) is 7.16. The lowest BCUT2D eigenvalue weighted by molar-refractivity contribution is 1.31. The number of nitrogens with two attached hydrogens (primary N) is 1. The van der Waals surface area contributed by atoms with Gasteiger partial charge < -0.3 is 11.1 Å². The van der Waals surface area contributed by atoms with E-state index < -0.39 is 0 Å². The van der Waals surface area contributed by atoms with E-state index in [1.807, 2.05) is 0 Å². The molecule has 4 nitrogen and oxygen atoms in total. The Balaban J connectivity index is 2.22. The van der Waals surface area contributed by atoms with Crippen LogP contribution in [0.4, 0.5) is 5.69 Å². The Morgan fingerprint density at radius 2 is 2.13 bits per heavy atom. The molecule has 0 unspecified atom stereocenters. The van der Waals surface area contributed by atoms with Crippen molar-refractivity contribution < 1.29 is 0 Å². The Labute approximate surface area is 96.8 Å². The number of benzene rings is 1.